The topological polar surface area (TPSA) is 54.9 Å². The van der Waals surface area contributed by atoms with Crippen molar-refractivity contribution < 1.29 is 9.47 Å². The average Bonchev–Trinajstić information content (AvgIpc) is 3.10. The van der Waals surface area contributed by atoms with Crippen LogP contribution in [0.25, 0.3) is 0 Å². The monoisotopic (exact) mass is 475 g/mol. The lowest BCUT2D eigenvalue weighted by molar-refractivity contribution is 0.138. The van der Waals surface area contributed by atoms with Crippen LogP contribution >= 0.6 is 24.0 Å². The quantitative estimate of drug-likeness (QED) is 0.247. The summed E-state index contributed by atoms with van der Waals surface area (Å²) in [6, 6.07) is 8.12. The number of methoxy groups -OCH3 is 1. The van der Waals surface area contributed by atoms with E-state index in [1.54, 1.807) is 7.11 Å². The van der Waals surface area contributed by atoms with Crippen LogP contribution in [0.4, 0.5) is 0 Å². The Hall–Kier alpha value is -1.02. The molecule has 1 aliphatic rings. The lowest BCUT2D eigenvalue weighted by Crippen LogP contribution is -2.44. The fourth-order valence-corrected chi connectivity index (χ4v) is 3.42. The van der Waals surface area contributed by atoms with Gasteiger partial charge in [0.05, 0.1) is 6.54 Å². The van der Waals surface area contributed by atoms with Crippen LogP contribution in [-0.2, 0) is 4.74 Å². The van der Waals surface area contributed by atoms with E-state index in [-0.39, 0.29) is 24.0 Å². The Labute approximate surface area is 175 Å². The third kappa shape index (κ3) is 7.70. The third-order valence-corrected chi connectivity index (χ3v) is 5.04. The molecule has 1 aliphatic carbocycles. The molecule has 0 heterocycles. The lowest BCUT2D eigenvalue weighted by Gasteiger charge is -2.29. The van der Waals surface area contributed by atoms with E-state index in [0.717, 1.165) is 37.8 Å². The summed E-state index contributed by atoms with van der Waals surface area (Å²) in [5.74, 6) is 1.75. The molecule has 148 valence electrons. The second-order valence-corrected chi connectivity index (χ2v) is 6.96. The van der Waals surface area contributed by atoms with Crippen molar-refractivity contribution in [2.45, 2.75) is 39.0 Å². The third-order valence-electron chi connectivity index (χ3n) is 5.04. The number of aryl methyl sites for hydroxylation is 1. The first-order valence-corrected chi connectivity index (χ1v) is 9.30. The van der Waals surface area contributed by atoms with Gasteiger partial charge in [-0.15, -0.1) is 24.0 Å². The van der Waals surface area contributed by atoms with Crippen molar-refractivity contribution in [3.63, 3.8) is 0 Å². The van der Waals surface area contributed by atoms with Crippen LogP contribution in [0, 0.1) is 12.3 Å². The van der Waals surface area contributed by atoms with E-state index >= 15 is 0 Å². The van der Waals surface area contributed by atoms with Crippen molar-refractivity contribution in [2.75, 3.05) is 40.5 Å². The van der Waals surface area contributed by atoms with E-state index in [9.17, 15) is 0 Å². The predicted octanol–water partition coefficient (Wildman–Crippen LogP) is 3.75. The second kappa shape index (κ2) is 12.4. The van der Waals surface area contributed by atoms with Gasteiger partial charge < -0.3 is 20.1 Å². The fourth-order valence-electron chi connectivity index (χ4n) is 3.42. The number of hydrogen-bond donors (Lipinski definition) is 2. The number of aliphatic imine (C=N–C) groups is 1. The second-order valence-electron chi connectivity index (χ2n) is 6.96. The van der Waals surface area contributed by atoms with Gasteiger partial charge in [0.25, 0.3) is 0 Å². The highest BCUT2D eigenvalue weighted by atomic mass is 127. The first-order chi connectivity index (χ1) is 12.2. The maximum absolute atomic E-state index is 5.74. The number of benzene rings is 1. The summed E-state index contributed by atoms with van der Waals surface area (Å²) >= 11 is 0. The van der Waals surface area contributed by atoms with Gasteiger partial charge in [0.2, 0.25) is 0 Å². The van der Waals surface area contributed by atoms with Gasteiger partial charge in [-0.1, -0.05) is 30.5 Å². The number of nitrogens with zero attached hydrogens (tertiary/aromatic N) is 1. The molecule has 26 heavy (non-hydrogen) atoms. The zero-order valence-corrected chi connectivity index (χ0v) is 18.7. The van der Waals surface area contributed by atoms with E-state index in [1.165, 1.54) is 31.2 Å². The smallest absolute Gasteiger partial charge is 0.191 e. The largest absolute Gasteiger partial charge is 0.492 e. The number of ether oxygens (including phenoxy) is 2. The van der Waals surface area contributed by atoms with Gasteiger partial charge in [0.1, 0.15) is 12.4 Å². The highest BCUT2D eigenvalue weighted by Gasteiger charge is 2.33. The molecule has 6 heteroatoms. The summed E-state index contributed by atoms with van der Waals surface area (Å²) in [7, 11) is 3.59. The summed E-state index contributed by atoms with van der Waals surface area (Å²) < 4.78 is 11.0. The number of hydrogen-bond acceptors (Lipinski definition) is 3. The molecule has 0 aromatic heterocycles. The minimum Gasteiger partial charge on any atom is -0.492 e. The van der Waals surface area contributed by atoms with E-state index < -0.39 is 0 Å². The van der Waals surface area contributed by atoms with Crippen LogP contribution in [0.5, 0.6) is 5.75 Å². The van der Waals surface area contributed by atoms with Crippen LogP contribution in [0.3, 0.4) is 0 Å². The molecule has 0 atom stereocenters. The number of halogens is 1. The predicted molar refractivity (Wildman–Crippen MR) is 119 cm³/mol. The molecule has 0 saturated heterocycles. The van der Waals surface area contributed by atoms with Gasteiger partial charge in [0.15, 0.2) is 5.96 Å². The van der Waals surface area contributed by atoms with Gasteiger partial charge in [-0.25, -0.2) is 0 Å². The Kier molecular flexibility index (Phi) is 11.0. The van der Waals surface area contributed by atoms with Crippen molar-refractivity contribution in [1.29, 1.82) is 0 Å². The molecule has 1 aromatic carbocycles. The highest BCUT2D eigenvalue weighted by molar-refractivity contribution is 14.0. The molecule has 0 spiro atoms. The van der Waals surface area contributed by atoms with Crippen molar-refractivity contribution in [3.8, 4) is 5.75 Å². The molecule has 0 unspecified atom stereocenters. The molecule has 0 aliphatic heterocycles. The summed E-state index contributed by atoms with van der Waals surface area (Å²) in [5.41, 5.74) is 1.59. The van der Waals surface area contributed by atoms with Crippen LogP contribution in [0.15, 0.2) is 29.3 Å². The molecular formula is C20H34IN3O2. The minimum atomic E-state index is 0. The maximum Gasteiger partial charge on any atom is 0.191 e. The van der Waals surface area contributed by atoms with Gasteiger partial charge in [0, 0.05) is 27.3 Å². The normalized spacial score (nSPS) is 16.0. The Balaban J connectivity index is 0.00000338. The van der Waals surface area contributed by atoms with Gasteiger partial charge in [-0.2, -0.15) is 0 Å². The first kappa shape index (κ1) is 23.0. The van der Waals surface area contributed by atoms with E-state index in [4.69, 9.17) is 9.47 Å². The lowest BCUT2D eigenvalue weighted by atomic mass is 9.83. The molecule has 0 radical (unpaired) electrons. The van der Waals surface area contributed by atoms with Gasteiger partial charge in [-0.05, 0) is 43.7 Å². The zero-order chi connectivity index (χ0) is 18.0. The molecule has 5 nitrogen and oxygen atoms in total. The van der Waals surface area contributed by atoms with E-state index in [0.29, 0.717) is 12.0 Å². The summed E-state index contributed by atoms with van der Waals surface area (Å²) in [6.07, 6.45) is 6.31. The Morgan fingerprint density at radius 3 is 2.42 bits per heavy atom. The van der Waals surface area contributed by atoms with Gasteiger partial charge >= 0.3 is 0 Å². The van der Waals surface area contributed by atoms with Gasteiger partial charge in [-0.3, -0.25) is 4.99 Å². The Morgan fingerprint density at radius 1 is 1.12 bits per heavy atom. The summed E-state index contributed by atoms with van der Waals surface area (Å²) in [5, 5.41) is 6.83. The Bertz CT molecular complexity index is 528. The summed E-state index contributed by atoms with van der Waals surface area (Å²) in [6.45, 7) is 5.19. The van der Waals surface area contributed by atoms with Crippen LogP contribution in [0.2, 0.25) is 0 Å². The number of guanidine groups is 1. The van der Waals surface area contributed by atoms with Crippen molar-refractivity contribution in [3.05, 3.63) is 29.8 Å². The number of nitrogens with one attached hydrogen (secondary N) is 2. The fraction of sp³-hybridized carbons (Fsp3) is 0.650. The van der Waals surface area contributed by atoms with Crippen molar-refractivity contribution in [2.24, 2.45) is 10.4 Å². The Morgan fingerprint density at radius 2 is 1.81 bits per heavy atom. The van der Waals surface area contributed by atoms with Crippen molar-refractivity contribution >= 4 is 29.9 Å². The molecule has 1 saturated carbocycles. The molecule has 2 N–H and O–H groups in total. The molecule has 2 rings (SSSR count). The minimum absolute atomic E-state index is 0. The molecular weight excluding hydrogens is 441 g/mol. The number of rotatable bonds is 9. The van der Waals surface area contributed by atoms with Crippen LogP contribution < -0.4 is 15.4 Å². The molecule has 0 amide bonds. The maximum atomic E-state index is 5.74. The zero-order valence-electron chi connectivity index (χ0n) is 16.3. The van der Waals surface area contributed by atoms with Crippen LogP contribution in [-0.4, -0.2) is 46.4 Å². The van der Waals surface area contributed by atoms with Crippen molar-refractivity contribution in [1.82, 2.24) is 10.6 Å². The molecule has 1 aromatic rings. The SMILES string of the molecule is CN=C(NCCOc1ccc(C)cc1)NCC1(CCOC)CCCC1.I. The van der Waals surface area contributed by atoms with E-state index in [1.807, 2.05) is 19.2 Å². The molecule has 0 bridgehead atoms. The molecule has 1 fully saturated rings. The van der Waals surface area contributed by atoms with Crippen LogP contribution in [0.1, 0.15) is 37.7 Å². The summed E-state index contributed by atoms with van der Waals surface area (Å²) in [4.78, 5) is 4.32. The van der Waals surface area contributed by atoms with E-state index in [2.05, 4.69) is 34.7 Å². The average molecular weight is 475 g/mol. The standard InChI is InChI=1S/C20H33N3O2.HI/c1-17-6-8-18(9-7-17)25-15-13-22-19(21-2)23-16-20(12-14-24-3)10-4-5-11-20;/h6-9H,4-5,10-16H2,1-3H3,(H2,21,22,23);1H. The highest BCUT2D eigenvalue weighted by Crippen LogP contribution is 2.40. The first-order valence-electron chi connectivity index (χ1n) is 9.30.